The molecule has 1 aliphatic heterocycles. The van der Waals surface area contributed by atoms with Crippen LogP contribution in [0.5, 0.6) is 5.75 Å². The summed E-state index contributed by atoms with van der Waals surface area (Å²) in [7, 11) is 0. The van der Waals surface area contributed by atoms with Crippen LogP contribution in [0.4, 0.5) is 11.4 Å². The Morgan fingerprint density at radius 3 is 2.30 bits per heavy atom. The summed E-state index contributed by atoms with van der Waals surface area (Å²) in [4.78, 5) is 28.6. The number of carbonyl (C=O) groups excluding carboxylic acids is 2. The van der Waals surface area contributed by atoms with Crippen LogP contribution in [0, 0.1) is 0 Å². The monoisotopic (exact) mass is 367 g/mol. The number of ketones is 1. The van der Waals surface area contributed by atoms with Crippen molar-refractivity contribution in [3.05, 3.63) is 54.1 Å². The predicted octanol–water partition coefficient (Wildman–Crippen LogP) is 2.74. The SMILES string of the molecule is CC(=O)c1ccccc1NC(=O)[C@H](C)N1CCN(c2ccccc2O)CC1. The zero-order valence-electron chi connectivity index (χ0n) is 15.7. The van der Waals surface area contributed by atoms with Crippen molar-refractivity contribution < 1.29 is 14.7 Å². The van der Waals surface area contributed by atoms with E-state index in [1.807, 2.05) is 19.1 Å². The fraction of sp³-hybridized carbons (Fsp3) is 0.333. The summed E-state index contributed by atoms with van der Waals surface area (Å²) < 4.78 is 0. The number of Topliss-reactive ketones (excluding diaryl/α,β-unsaturated/α-hetero) is 1. The van der Waals surface area contributed by atoms with Crippen molar-refractivity contribution in [1.82, 2.24) is 4.90 Å². The minimum absolute atomic E-state index is 0.0742. The van der Waals surface area contributed by atoms with Gasteiger partial charge in [0.25, 0.3) is 0 Å². The molecule has 27 heavy (non-hydrogen) atoms. The zero-order valence-corrected chi connectivity index (χ0v) is 15.7. The molecule has 2 N–H and O–H groups in total. The number of phenolic OH excluding ortho intramolecular Hbond substituents is 1. The molecular formula is C21H25N3O3. The first kappa shape index (κ1) is 18.9. The van der Waals surface area contributed by atoms with E-state index in [4.69, 9.17) is 0 Å². The van der Waals surface area contributed by atoms with Gasteiger partial charge in [0.1, 0.15) is 5.75 Å². The standard InChI is InChI=1S/C21H25N3O3/c1-15(21(27)22-18-8-4-3-7-17(18)16(2)25)23-11-13-24(14-12-23)19-9-5-6-10-20(19)26/h3-10,15,26H,11-14H2,1-2H3,(H,22,27)/t15-/m0/s1. The molecule has 0 saturated carbocycles. The Morgan fingerprint density at radius 1 is 1.00 bits per heavy atom. The van der Waals surface area contributed by atoms with E-state index in [1.165, 1.54) is 6.92 Å². The van der Waals surface area contributed by atoms with E-state index in [0.29, 0.717) is 11.3 Å². The van der Waals surface area contributed by atoms with Gasteiger partial charge in [0.15, 0.2) is 5.78 Å². The molecule has 6 heteroatoms. The predicted molar refractivity (Wildman–Crippen MR) is 106 cm³/mol. The van der Waals surface area contributed by atoms with Gasteiger partial charge in [0.2, 0.25) is 5.91 Å². The summed E-state index contributed by atoms with van der Waals surface area (Å²) >= 11 is 0. The lowest BCUT2D eigenvalue weighted by Gasteiger charge is -2.38. The lowest BCUT2D eigenvalue weighted by molar-refractivity contribution is -0.120. The van der Waals surface area contributed by atoms with Crippen molar-refractivity contribution in [3.8, 4) is 5.75 Å². The summed E-state index contributed by atoms with van der Waals surface area (Å²) in [6.07, 6.45) is 0. The number of nitrogens with zero attached hydrogens (tertiary/aromatic N) is 2. The quantitative estimate of drug-likeness (QED) is 0.795. The van der Waals surface area contributed by atoms with Gasteiger partial charge in [0, 0.05) is 31.7 Å². The van der Waals surface area contributed by atoms with Crippen LogP contribution in [0.2, 0.25) is 0 Å². The number of amides is 1. The van der Waals surface area contributed by atoms with E-state index in [1.54, 1.807) is 36.4 Å². The Kier molecular flexibility index (Phi) is 5.76. The third-order valence-electron chi connectivity index (χ3n) is 5.03. The summed E-state index contributed by atoms with van der Waals surface area (Å²) in [6.45, 7) is 6.28. The minimum atomic E-state index is -0.309. The smallest absolute Gasteiger partial charge is 0.241 e. The Bertz CT molecular complexity index is 829. The second kappa shape index (κ2) is 8.22. The van der Waals surface area contributed by atoms with Gasteiger partial charge in [-0.2, -0.15) is 0 Å². The Balaban J connectivity index is 1.61. The number of anilines is 2. The Morgan fingerprint density at radius 2 is 1.63 bits per heavy atom. The highest BCUT2D eigenvalue weighted by Crippen LogP contribution is 2.27. The van der Waals surface area contributed by atoms with Crippen LogP contribution >= 0.6 is 0 Å². The molecule has 1 saturated heterocycles. The van der Waals surface area contributed by atoms with Crippen molar-refractivity contribution in [1.29, 1.82) is 0 Å². The molecule has 0 aliphatic carbocycles. The van der Waals surface area contributed by atoms with E-state index >= 15 is 0 Å². The van der Waals surface area contributed by atoms with Crippen molar-refractivity contribution >= 4 is 23.1 Å². The number of phenols is 1. The molecule has 0 aromatic heterocycles. The van der Waals surface area contributed by atoms with Gasteiger partial charge in [0.05, 0.1) is 17.4 Å². The maximum Gasteiger partial charge on any atom is 0.241 e. The molecule has 6 nitrogen and oxygen atoms in total. The number of piperazine rings is 1. The molecule has 142 valence electrons. The van der Waals surface area contributed by atoms with Crippen molar-refractivity contribution in [2.45, 2.75) is 19.9 Å². The van der Waals surface area contributed by atoms with Gasteiger partial charge in [-0.3, -0.25) is 14.5 Å². The van der Waals surface area contributed by atoms with E-state index in [9.17, 15) is 14.7 Å². The average Bonchev–Trinajstić information content (AvgIpc) is 2.68. The van der Waals surface area contributed by atoms with Gasteiger partial charge in [-0.15, -0.1) is 0 Å². The number of aromatic hydroxyl groups is 1. The first-order chi connectivity index (χ1) is 13.0. The largest absolute Gasteiger partial charge is 0.506 e. The third-order valence-corrected chi connectivity index (χ3v) is 5.03. The topological polar surface area (TPSA) is 72.9 Å². The van der Waals surface area contributed by atoms with E-state index in [0.717, 1.165) is 31.9 Å². The molecule has 1 amide bonds. The van der Waals surface area contributed by atoms with Crippen LogP contribution in [0.25, 0.3) is 0 Å². The van der Waals surface area contributed by atoms with Gasteiger partial charge in [-0.05, 0) is 38.1 Å². The molecule has 2 aromatic carbocycles. The zero-order chi connectivity index (χ0) is 19.4. The lowest BCUT2D eigenvalue weighted by atomic mass is 10.1. The van der Waals surface area contributed by atoms with Crippen molar-refractivity contribution in [3.63, 3.8) is 0 Å². The number of carbonyl (C=O) groups is 2. The molecule has 0 unspecified atom stereocenters. The first-order valence-electron chi connectivity index (χ1n) is 9.15. The normalized spacial score (nSPS) is 16.0. The summed E-state index contributed by atoms with van der Waals surface area (Å²) in [5.74, 6) is 0.0760. The molecule has 1 fully saturated rings. The van der Waals surface area contributed by atoms with Crippen molar-refractivity contribution in [2.24, 2.45) is 0 Å². The van der Waals surface area contributed by atoms with E-state index in [2.05, 4.69) is 15.1 Å². The lowest BCUT2D eigenvalue weighted by Crippen LogP contribution is -2.52. The molecule has 0 bridgehead atoms. The van der Waals surface area contributed by atoms with Gasteiger partial charge in [-0.25, -0.2) is 0 Å². The van der Waals surface area contributed by atoms with E-state index in [-0.39, 0.29) is 23.5 Å². The average molecular weight is 367 g/mol. The molecular weight excluding hydrogens is 342 g/mol. The minimum Gasteiger partial charge on any atom is -0.506 e. The number of para-hydroxylation sites is 3. The number of rotatable bonds is 5. The number of nitrogens with one attached hydrogen (secondary N) is 1. The molecule has 2 aromatic rings. The first-order valence-corrected chi connectivity index (χ1v) is 9.15. The highest BCUT2D eigenvalue weighted by atomic mass is 16.3. The number of hydrogen-bond acceptors (Lipinski definition) is 5. The maximum absolute atomic E-state index is 12.7. The van der Waals surface area contributed by atoms with Gasteiger partial charge >= 0.3 is 0 Å². The second-order valence-electron chi connectivity index (χ2n) is 6.78. The second-order valence-corrected chi connectivity index (χ2v) is 6.78. The fourth-order valence-corrected chi connectivity index (χ4v) is 3.38. The fourth-order valence-electron chi connectivity index (χ4n) is 3.38. The van der Waals surface area contributed by atoms with E-state index < -0.39 is 0 Å². The molecule has 0 radical (unpaired) electrons. The molecule has 0 spiro atoms. The van der Waals surface area contributed by atoms with Gasteiger partial charge < -0.3 is 15.3 Å². The highest BCUT2D eigenvalue weighted by molar-refractivity contribution is 6.04. The summed E-state index contributed by atoms with van der Waals surface area (Å²) in [5, 5.41) is 12.9. The highest BCUT2D eigenvalue weighted by Gasteiger charge is 2.27. The van der Waals surface area contributed by atoms with Crippen LogP contribution in [-0.2, 0) is 4.79 Å². The van der Waals surface area contributed by atoms with Crippen LogP contribution < -0.4 is 10.2 Å². The Labute approximate surface area is 159 Å². The van der Waals surface area contributed by atoms with Crippen molar-refractivity contribution in [2.75, 3.05) is 36.4 Å². The summed E-state index contributed by atoms with van der Waals surface area (Å²) in [5.41, 5.74) is 1.89. The number of benzene rings is 2. The molecule has 1 aliphatic rings. The summed E-state index contributed by atoms with van der Waals surface area (Å²) in [6, 6.07) is 14.0. The van der Waals surface area contributed by atoms with Crippen LogP contribution in [-0.4, -0.2) is 53.9 Å². The van der Waals surface area contributed by atoms with Crippen LogP contribution in [0.3, 0.4) is 0 Å². The molecule has 1 heterocycles. The molecule has 3 rings (SSSR count). The maximum atomic E-state index is 12.7. The van der Waals surface area contributed by atoms with Crippen LogP contribution in [0.15, 0.2) is 48.5 Å². The third kappa shape index (κ3) is 4.28. The number of hydrogen-bond donors (Lipinski definition) is 2. The molecule has 1 atom stereocenters. The van der Waals surface area contributed by atoms with Crippen LogP contribution in [0.1, 0.15) is 24.2 Å². The Hall–Kier alpha value is -2.86. The van der Waals surface area contributed by atoms with Gasteiger partial charge in [-0.1, -0.05) is 24.3 Å².